The molecule has 0 saturated carbocycles. The van der Waals surface area contributed by atoms with E-state index in [2.05, 4.69) is 57.5 Å². The third kappa shape index (κ3) is 2.82. The first-order valence-electron chi connectivity index (χ1n) is 8.36. The molecule has 0 atom stereocenters. The van der Waals surface area contributed by atoms with Crippen LogP contribution in [0, 0.1) is 6.92 Å². The van der Waals surface area contributed by atoms with Crippen molar-refractivity contribution >= 4 is 10.9 Å². The van der Waals surface area contributed by atoms with Gasteiger partial charge in [-0.3, -0.25) is 10.5 Å². The van der Waals surface area contributed by atoms with Crippen LogP contribution in [-0.4, -0.2) is 27.8 Å². The van der Waals surface area contributed by atoms with Crippen molar-refractivity contribution in [3.8, 4) is 11.4 Å². The number of benzene rings is 1. The number of hydrogen-bond donors (Lipinski definition) is 1. The minimum atomic E-state index is 0.992. The van der Waals surface area contributed by atoms with E-state index in [9.17, 15) is 0 Å². The van der Waals surface area contributed by atoms with Gasteiger partial charge in [0.1, 0.15) is 0 Å². The van der Waals surface area contributed by atoms with Crippen molar-refractivity contribution in [3.63, 3.8) is 0 Å². The minimum absolute atomic E-state index is 0.992. The van der Waals surface area contributed by atoms with Gasteiger partial charge >= 0.3 is 0 Å². The van der Waals surface area contributed by atoms with Crippen LogP contribution in [0.15, 0.2) is 48.7 Å². The van der Waals surface area contributed by atoms with Crippen LogP contribution in [0.25, 0.3) is 22.3 Å². The maximum atomic E-state index is 4.54. The molecule has 4 nitrogen and oxygen atoms in total. The molecule has 0 amide bonds. The van der Waals surface area contributed by atoms with Gasteiger partial charge in [-0.25, -0.2) is 9.69 Å². The molecule has 3 aromatic rings. The second-order valence-corrected chi connectivity index (χ2v) is 6.29. The molecule has 4 heteroatoms. The second kappa shape index (κ2) is 6.05. The van der Waals surface area contributed by atoms with Gasteiger partial charge in [0.2, 0.25) is 0 Å². The molecule has 118 valence electrons. The number of aromatic nitrogens is 2. The van der Waals surface area contributed by atoms with E-state index in [1.165, 1.54) is 35.7 Å². The second-order valence-electron chi connectivity index (χ2n) is 6.29. The molecule has 0 bridgehead atoms. The van der Waals surface area contributed by atoms with E-state index in [1.807, 2.05) is 18.3 Å². The third-order valence-corrected chi connectivity index (χ3v) is 4.48. The Morgan fingerprint density at radius 1 is 1.00 bits per heavy atom. The van der Waals surface area contributed by atoms with Gasteiger partial charge in [0.25, 0.3) is 0 Å². The average molecular weight is 306 g/mol. The number of rotatable bonds is 3. The van der Waals surface area contributed by atoms with Crippen LogP contribution < -0.4 is 5.53 Å². The van der Waals surface area contributed by atoms with Crippen LogP contribution in [0.5, 0.6) is 0 Å². The van der Waals surface area contributed by atoms with E-state index in [1.54, 1.807) is 0 Å². The Morgan fingerprint density at radius 2 is 1.87 bits per heavy atom. The van der Waals surface area contributed by atoms with Crippen molar-refractivity contribution < 1.29 is 0 Å². The average Bonchev–Trinajstić information content (AvgIpc) is 2.94. The summed E-state index contributed by atoms with van der Waals surface area (Å²) in [6.07, 6.45) is 5.69. The fourth-order valence-electron chi connectivity index (χ4n) is 3.28. The quantitative estimate of drug-likeness (QED) is 0.795. The normalized spacial score (nSPS) is 15.9. The molecule has 4 rings (SSSR count). The number of piperidine rings is 1. The third-order valence-electron chi connectivity index (χ3n) is 4.48. The van der Waals surface area contributed by atoms with Gasteiger partial charge in [-0.1, -0.05) is 24.1 Å². The van der Waals surface area contributed by atoms with Crippen LogP contribution in [0.3, 0.4) is 0 Å². The van der Waals surface area contributed by atoms with Crippen molar-refractivity contribution in [3.05, 3.63) is 54.2 Å². The molecule has 23 heavy (non-hydrogen) atoms. The molecule has 0 radical (unpaired) electrons. The summed E-state index contributed by atoms with van der Waals surface area (Å²) in [5, 5.41) is 3.56. The lowest BCUT2D eigenvalue weighted by Crippen LogP contribution is -2.40. The molecule has 0 spiro atoms. The standard InChI is InChI=1S/C19H22N4/c1-15-8-9-18-16(13-15)14-19(17-7-3-4-10-20-17)23(18)21-22-11-5-2-6-12-22/h3-4,7-10,13-14,21H,2,5-6,11-12H2,1H3. The summed E-state index contributed by atoms with van der Waals surface area (Å²) in [5.41, 5.74) is 8.17. The largest absolute Gasteiger partial charge is 0.256 e. The summed E-state index contributed by atoms with van der Waals surface area (Å²) in [6.45, 7) is 4.32. The molecule has 0 aliphatic carbocycles. The Kier molecular flexibility index (Phi) is 3.75. The van der Waals surface area contributed by atoms with Gasteiger partial charge in [-0.05, 0) is 50.1 Å². The lowest BCUT2D eigenvalue weighted by molar-refractivity contribution is 0.245. The molecule has 1 aromatic carbocycles. The molecule has 1 N–H and O–H groups in total. The summed E-state index contributed by atoms with van der Waals surface area (Å²) in [5.74, 6) is 0. The lowest BCUT2D eigenvalue weighted by atomic mass is 10.2. The molecular weight excluding hydrogens is 284 g/mol. The lowest BCUT2D eigenvalue weighted by Gasteiger charge is -2.29. The zero-order valence-electron chi connectivity index (χ0n) is 13.5. The first-order valence-corrected chi connectivity index (χ1v) is 8.36. The monoisotopic (exact) mass is 306 g/mol. The molecule has 1 saturated heterocycles. The number of fused-ring (bicyclic) bond motifs is 1. The number of nitrogens with one attached hydrogen (secondary N) is 1. The highest BCUT2D eigenvalue weighted by Gasteiger charge is 2.15. The van der Waals surface area contributed by atoms with Gasteiger partial charge in [0.15, 0.2) is 0 Å². The predicted octanol–water partition coefficient (Wildman–Crippen LogP) is 3.96. The van der Waals surface area contributed by atoms with Crippen LogP contribution in [-0.2, 0) is 0 Å². The van der Waals surface area contributed by atoms with E-state index in [4.69, 9.17) is 0 Å². The molecule has 0 unspecified atom stereocenters. The SMILES string of the molecule is Cc1ccc2c(c1)cc(-c1ccccn1)n2NN1CCCCC1. The first-order chi connectivity index (χ1) is 11.3. The Labute approximate surface area is 136 Å². The Balaban J connectivity index is 1.81. The zero-order valence-corrected chi connectivity index (χ0v) is 13.5. The van der Waals surface area contributed by atoms with Crippen LogP contribution in [0.1, 0.15) is 24.8 Å². The number of aryl methyl sites for hydroxylation is 1. The van der Waals surface area contributed by atoms with E-state index in [-0.39, 0.29) is 0 Å². The summed E-state index contributed by atoms with van der Waals surface area (Å²) in [7, 11) is 0. The zero-order chi connectivity index (χ0) is 15.6. The van der Waals surface area contributed by atoms with E-state index < -0.39 is 0 Å². The number of nitrogens with zero attached hydrogens (tertiary/aromatic N) is 3. The van der Waals surface area contributed by atoms with Crippen molar-refractivity contribution in [2.24, 2.45) is 0 Å². The fourth-order valence-corrected chi connectivity index (χ4v) is 3.28. The van der Waals surface area contributed by atoms with E-state index >= 15 is 0 Å². The first kappa shape index (κ1) is 14.3. The molecule has 3 heterocycles. The van der Waals surface area contributed by atoms with Crippen LogP contribution in [0.4, 0.5) is 0 Å². The van der Waals surface area contributed by atoms with Crippen LogP contribution in [0.2, 0.25) is 0 Å². The van der Waals surface area contributed by atoms with Crippen LogP contribution >= 0.6 is 0 Å². The maximum Gasteiger partial charge on any atom is 0.0904 e. The molecule has 1 aliphatic heterocycles. The molecule has 1 aliphatic rings. The summed E-state index contributed by atoms with van der Waals surface area (Å²) >= 11 is 0. The van der Waals surface area contributed by atoms with Crippen molar-refractivity contribution in [1.29, 1.82) is 0 Å². The predicted molar refractivity (Wildman–Crippen MR) is 94.7 cm³/mol. The minimum Gasteiger partial charge on any atom is -0.256 e. The van der Waals surface area contributed by atoms with Crippen molar-refractivity contribution in [2.75, 3.05) is 18.6 Å². The fraction of sp³-hybridized carbons (Fsp3) is 0.316. The molecular formula is C19H22N4. The Bertz CT molecular complexity index is 801. The van der Waals surface area contributed by atoms with Gasteiger partial charge < -0.3 is 0 Å². The van der Waals surface area contributed by atoms with Gasteiger partial charge in [-0.2, -0.15) is 0 Å². The highest BCUT2D eigenvalue weighted by molar-refractivity contribution is 5.87. The molecule has 1 fully saturated rings. The smallest absolute Gasteiger partial charge is 0.0904 e. The number of hydrazine groups is 1. The van der Waals surface area contributed by atoms with Crippen molar-refractivity contribution in [2.45, 2.75) is 26.2 Å². The summed E-state index contributed by atoms with van der Waals surface area (Å²) < 4.78 is 2.18. The Morgan fingerprint density at radius 3 is 2.65 bits per heavy atom. The van der Waals surface area contributed by atoms with Gasteiger partial charge in [0, 0.05) is 24.7 Å². The highest BCUT2D eigenvalue weighted by Crippen LogP contribution is 2.27. The van der Waals surface area contributed by atoms with E-state index in [0.717, 1.165) is 24.5 Å². The summed E-state index contributed by atoms with van der Waals surface area (Å²) in [4.78, 5) is 4.54. The topological polar surface area (TPSA) is 33.1 Å². The van der Waals surface area contributed by atoms with Gasteiger partial charge in [-0.15, -0.1) is 0 Å². The number of hydrogen-bond acceptors (Lipinski definition) is 3. The summed E-state index contributed by atoms with van der Waals surface area (Å²) in [6, 6.07) is 14.9. The van der Waals surface area contributed by atoms with Gasteiger partial charge in [0.05, 0.1) is 16.9 Å². The highest BCUT2D eigenvalue weighted by atomic mass is 15.7. The molecule has 2 aromatic heterocycles. The number of pyridine rings is 1. The Hall–Kier alpha value is -2.33. The van der Waals surface area contributed by atoms with Crippen molar-refractivity contribution in [1.82, 2.24) is 14.7 Å². The maximum absolute atomic E-state index is 4.54. The van der Waals surface area contributed by atoms with E-state index in [0.29, 0.717) is 0 Å².